The van der Waals surface area contributed by atoms with Gasteiger partial charge in [-0.05, 0) is 25.0 Å². The zero-order valence-electron chi connectivity index (χ0n) is 7.36. The number of halogens is 1. The van der Waals surface area contributed by atoms with Crippen LogP contribution in [0.15, 0.2) is 21.6 Å². The lowest BCUT2D eigenvalue weighted by molar-refractivity contribution is 0.422. The van der Waals surface area contributed by atoms with E-state index in [-0.39, 0.29) is 17.0 Å². The van der Waals surface area contributed by atoms with Crippen molar-refractivity contribution in [3.8, 4) is 0 Å². The smallest absolute Gasteiger partial charge is 0.274 e. The van der Waals surface area contributed by atoms with Gasteiger partial charge in [-0.25, -0.2) is 13.1 Å². The summed E-state index contributed by atoms with van der Waals surface area (Å²) in [6.07, 6.45) is 1.81. The summed E-state index contributed by atoms with van der Waals surface area (Å²) in [6.45, 7) is 0. The first-order valence-electron chi connectivity index (χ1n) is 4.29. The molecule has 2 rings (SSSR count). The van der Waals surface area contributed by atoms with Gasteiger partial charge in [0, 0.05) is 6.04 Å². The fourth-order valence-corrected chi connectivity index (χ4v) is 2.45. The predicted molar refractivity (Wildman–Crippen MR) is 51.6 cm³/mol. The Hall–Kier alpha value is -0.520. The standard InChI is InChI=1S/C8H10ClNO3S/c9-5-7-3-4-8(13-7)14(11,12)10-6-1-2-6/h3-4,6,10H,1-2,5H2. The Balaban J connectivity index is 2.19. The van der Waals surface area contributed by atoms with Crippen molar-refractivity contribution in [2.24, 2.45) is 0 Å². The second-order valence-corrected chi connectivity index (χ2v) is 5.16. The zero-order chi connectivity index (χ0) is 10.2. The largest absolute Gasteiger partial charge is 0.447 e. The van der Waals surface area contributed by atoms with Crippen molar-refractivity contribution in [2.75, 3.05) is 0 Å². The highest BCUT2D eigenvalue weighted by Gasteiger charge is 2.29. The molecule has 14 heavy (non-hydrogen) atoms. The van der Waals surface area contributed by atoms with E-state index in [2.05, 4.69) is 4.72 Å². The molecular formula is C8H10ClNO3S. The quantitative estimate of drug-likeness (QED) is 0.804. The van der Waals surface area contributed by atoms with Crippen LogP contribution in [-0.2, 0) is 15.9 Å². The van der Waals surface area contributed by atoms with Gasteiger partial charge in [0.25, 0.3) is 10.0 Å². The van der Waals surface area contributed by atoms with Gasteiger partial charge in [0.2, 0.25) is 5.09 Å². The van der Waals surface area contributed by atoms with E-state index >= 15 is 0 Å². The second-order valence-electron chi connectivity index (χ2n) is 3.25. The third kappa shape index (κ3) is 2.10. The Labute approximate surface area is 87.3 Å². The molecule has 6 heteroatoms. The van der Waals surface area contributed by atoms with Crippen molar-refractivity contribution in [1.29, 1.82) is 0 Å². The average molecular weight is 236 g/mol. The van der Waals surface area contributed by atoms with Gasteiger partial charge < -0.3 is 4.42 Å². The highest BCUT2D eigenvalue weighted by Crippen LogP contribution is 2.23. The van der Waals surface area contributed by atoms with Crippen molar-refractivity contribution < 1.29 is 12.8 Å². The average Bonchev–Trinajstić information content (AvgIpc) is 2.81. The minimum Gasteiger partial charge on any atom is -0.447 e. The van der Waals surface area contributed by atoms with E-state index < -0.39 is 10.0 Å². The molecule has 0 saturated heterocycles. The van der Waals surface area contributed by atoms with Crippen LogP contribution in [0.3, 0.4) is 0 Å². The van der Waals surface area contributed by atoms with Crippen LogP contribution in [0.5, 0.6) is 0 Å². The Kier molecular flexibility index (Phi) is 2.55. The molecule has 0 amide bonds. The third-order valence-electron chi connectivity index (χ3n) is 1.93. The van der Waals surface area contributed by atoms with Crippen LogP contribution in [0, 0.1) is 0 Å². The molecule has 0 radical (unpaired) electrons. The molecular weight excluding hydrogens is 226 g/mol. The number of sulfonamides is 1. The molecule has 0 spiro atoms. The van der Waals surface area contributed by atoms with E-state index in [0.717, 1.165) is 12.8 Å². The Morgan fingerprint density at radius 3 is 2.71 bits per heavy atom. The molecule has 1 fully saturated rings. The van der Waals surface area contributed by atoms with E-state index in [1.54, 1.807) is 6.07 Å². The van der Waals surface area contributed by atoms with Gasteiger partial charge >= 0.3 is 0 Å². The molecule has 1 N–H and O–H groups in total. The summed E-state index contributed by atoms with van der Waals surface area (Å²) in [4.78, 5) is 0. The van der Waals surface area contributed by atoms with Crippen molar-refractivity contribution in [1.82, 2.24) is 4.72 Å². The lowest BCUT2D eigenvalue weighted by Crippen LogP contribution is -2.25. The van der Waals surface area contributed by atoms with Crippen molar-refractivity contribution in [2.45, 2.75) is 29.9 Å². The van der Waals surface area contributed by atoms with Gasteiger partial charge in [0.05, 0.1) is 5.88 Å². The Morgan fingerprint density at radius 1 is 1.50 bits per heavy atom. The maximum Gasteiger partial charge on any atom is 0.274 e. The molecule has 1 aromatic heterocycles. The van der Waals surface area contributed by atoms with Crippen LogP contribution in [0.25, 0.3) is 0 Å². The number of nitrogens with one attached hydrogen (secondary N) is 1. The third-order valence-corrected chi connectivity index (χ3v) is 3.59. The molecule has 4 nitrogen and oxygen atoms in total. The van der Waals surface area contributed by atoms with E-state index in [0.29, 0.717) is 5.76 Å². The lowest BCUT2D eigenvalue weighted by Gasteiger charge is -2.00. The molecule has 1 aromatic rings. The second kappa shape index (κ2) is 3.56. The van der Waals surface area contributed by atoms with Gasteiger partial charge in [0.15, 0.2) is 0 Å². The summed E-state index contributed by atoms with van der Waals surface area (Å²) in [6, 6.07) is 3.07. The molecule has 0 bridgehead atoms. The van der Waals surface area contributed by atoms with E-state index in [9.17, 15) is 8.42 Å². The van der Waals surface area contributed by atoms with Gasteiger partial charge in [-0.2, -0.15) is 0 Å². The normalized spacial score (nSPS) is 17.2. The number of alkyl halides is 1. The van der Waals surface area contributed by atoms with E-state index in [1.807, 2.05) is 0 Å². The summed E-state index contributed by atoms with van der Waals surface area (Å²) in [7, 11) is -3.46. The topological polar surface area (TPSA) is 59.3 Å². The molecule has 0 aromatic carbocycles. The summed E-state index contributed by atoms with van der Waals surface area (Å²) in [5.41, 5.74) is 0. The highest BCUT2D eigenvalue weighted by molar-refractivity contribution is 7.89. The zero-order valence-corrected chi connectivity index (χ0v) is 8.94. The SMILES string of the molecule is O=S(=O)(NC1CC1)c1ccc(CCl)o1. The van der Waals surface area contributed by atoms with Crippen LogP contribution >= 0.6 is 11.6 Å². The monoisotopic (exact) mass is 235 g/mol. The van der Waals surface area contributed by atoms with Crippen LogP contribution < -0.4 is 4.72 Å². The van der Waals surface area contributed by atoms with Crippen molar-refractivity contribution in [3.05, 3.63) is 17.9 Å². The molecule has 1 heterocycles. The summed E-state index contributed by atoms with van der Waals surface area (Å²) < 4.78 is 30.7. The molecule has 1 aliphatic carbocycles. The van der Waals surface area contributed by atoms with Crippen LogP contribution in [0.2, 0.25) is 0 Å². The molecule has 1 saturated carbocycles. The van der Waals surface area contributed by atoms with Gasteiger partial charge in [-0.1, -0.05) is 0 Å². The van der Waals surface area contributed by atoms with E-state index in [4.69, 9.17) is 16.0 Å². The molecule has 0 aliphatic heterocycles. The maximum absolute atomic E-state index is 11.6. The molecule has 1 aliphatic rings. The number of furan rings is 1. The fourth-order valence-electron chi connectivity index (χ4n) is 1.05. The van der Waals surface area contributed by atoms with Crippen LogP contribution in [0.1, 0.15) is 18.6 Å². The Bertz CT molecular complexity index is 422. The van der Waals surface area contributed by atoms with Gasteiger partial charge in [-0.15, -0.1) is 11.6 Å². The van der Waals surface area contributed by atoms with E-state index in [1.165, 1.54) is 6.07 Å². The Morgan fingerprint density at radius 2 is 2.21 bits per heavy atom. The number of hydrogen-bond donors (Lipinski definition) is 1. The number of hydrogen-bond acceptors (Lipinski definition) is 3. The fraction of sp³-hybridized carbons (Fsp3) is 0.500. The van der Waals surface area contributed by atoms with Crippen LogP contribution in [-0.4, -0.2) is 14.5 Å². The van der Waals surface area contributed by atoms with Gasteiger partial charge in [0.1, 0.15) is 5.76 Å². The molecule has 78 valence electrons. The summed E-state index contributed by atoms with van der Waals surface area (Å²) >= 11 is 5.50. The van der Waals surface area contributed by atoms with Crippen molar-refractivity contribution in [3.63, 3.8) is 0 Å². The van der Waals surface area contributed by atoms with Crippen LogP contribution in [0.4, 0.5) is 0 Å². The van der Waals surface area contributed by atoms with Crippen molar-refractivity contribution >= 4 is 21.6 Å². The first kappa shape index (κ1) is 10.0. The maximum atomic E-state index is 11.6. The molecule has 0 unspecified atom stereocenters. The highest BCUT2D eigenvalue weighted by atomic mass is 35.5. The number of rotatable bonds is 4. The van der Waals surface area contributed by atoms with Gasteiger partial charge in [-0.3, -0.25) is 0 Å². The summed E-state index contributed by atoms with van der Waals surface area (Å²) in [5, 5.41) is -0.0555. The minimum atomic E-state index is -3.46. The molecule has 0 atom stereocenters. The first-order chi connectivity index (χ1) is 6.62. The minimum absolute atomic E-state index is 0.0555. The summed E-state index contributed by atoms with van der Waals surface area (Å²) in [5.74, 6) is 0.640. The first-order valence-corrected chi connectivity index (χ1v) is 6.30. The lowest BCUT2D eigenvalue weighted by atomic mass is 10.5. The predicted octanol–water partition coefficient (Wildman–Crippen LogP) is 1.46.